The van der Waals surface area contributed by atoms with Crippen molar-refractivity contribution in [3.63, 3.8) is 0 Å². The average Bonchev–Trinajstić information content (AvgIpc) is 3.41. The standard InChI is InChI=1S/C31H30N4O4/c1-4-9-27-26(30(36)35(28(5-2)32-27)22-13-15-23(38-3)16-14-22)19-20-12-17-24(21-10-7-6-8-11-21)25(18-20)29-33-31(37)39-34-29/h6-8,10-18H,4-5,9,19H2,1-3H3,(H,33,34,37). The molecule has 0 saturated carbocycles. The fourth-order valence-electron chi connectivity index (χ4n) is 4.82. The first kappa shape index (κ1) is 25.9. The molecule has 0 unspecified atom stereocenters. The second-order valence-electron chi connectivity index (χ2n) is 9.26. The van der Waals surface area contributed by atoms with Gasteiger partial charge in [-0.1, -0.05) is 67.9 Å². The molecule has 39 heavy (non-hydrogen) atoms. The van der Waals surface area contributed by atoms with E-state index in [4.69, 9.17) is 14.2 Å². The topological polar surface area (TPSA) is 103 Å². The zero-order valence-electron chi connectivity index (χ0n) is 22.2. The monoisotopic (exact) mass is 522 g/mol. The Kier molecular flexibility index (Phi) is 7.54. The van der Waals surface area contributed by atoms with Crippen LogP contribution in [0.4, 0.5) is 0 Å². The van der Waals surface area contributed by atoms with Gasteiger partial charge in [-0.25, -0.2) is 9.78 Å². The van der Waals surface area contributed by atoms with Crippen LogP contribution in [0.3, 0.4) is 0 Å². The molecule has 0 aliphatic carbocycles. The van der Waals surface area contributed by atoms with Crippen LogP contribution in [0.5, 0.6) is 5.75 Å². The van der Waals surface area contributed by atoms with Crippen molar-refractivity contribution in [3.8, 4) is 34.0 Å². The van der Waals surface area contributed by atoms with Crippen molar-refractivity contribution < 1.29 is 9.26 Å². The van der Waals surface area contributed by atoms with Gasteiger partial charge in [-0.15, -0.1) is 0 Å². The molecule has 8 nitrogen and oxygen atoms in total. The number of aromatic amines is 1. The minimum atomic E-state index is -0.624. The number of nitrogens with zero attached hydrogens (tertiary/aromatic N) is 3. The van der Waals surface area contributed by atoms with E-state index in [0.29, 0.717) is 30.7 Å². The summed E-state index contributed by atoms with van der Waals surface area (Å²) >= 11 is 0. The molecule has 0 spiro atoms. The summed E-state index contributed by atoms with van der Waals surface area (Å²) in [6.45, 7) is 4.09. The Bertz CT molecular complexity index is 1700. The summed E-state index contributed by atoms with van der Waals surface area (Å²) in [6.07, 6.45) is 2.57. The number of nitrogens with one attached hydrogen (secondary N) is 1. The Morgan fingerprint density at radius 2 is 1.72 bits per heavy atom. The third-order valence-corrected chi connectivity index (χ3v) is 6.71. The summed E-state index contributed by atoms with van der Waals surface area (Å²) < 4.78 is 11.8. The number of methoxy groups -OCH3 is 1. The minimum absolute atomic E-state index is 0.0843. The number of H-pyrrole nitrogens is 1. The quantitative estimate of drug-likeness (QED) is 0.280. The van der Waals surface area contributed by atoms with E-state index in [1.165, 1.54) is 0 Å². The van der Waals surface area contributed by atoms with E-state index in [2.05, 4.69) is 17.1 Å². The second kappa shape index (κ2) is 11.3. The fraction of sp³-hybridized carbons (Fsp3) is 0.226. The summed E-state index contributed by atoms with van der Waals surface area (Å²) in [4.78, 5) is 33.5. The third kappa shape index (κ3) is 5.31. The molecular formula is C31H30N4O4. The minimum Gasteiger partial charge on any atom is -0.497 e. The predicted molar refractivity (Wildman–Crippen MR) is 151 cm³/mol. The van der Waals surface area contributed by atoms with Crippen LogP contribution in [-0.2, 0) is 19.3 Å². The highest BCUT2D eigenvalue weighted by atomic mass is 16.5. The van der Waals surface area contributed by atoms with Crippen LogP contribution in [0.2, 0.25) is 0 Å². The van der Waals surface area contributed by atoms with Gasteiger partial charge in [-0.3, -0.25) is 18.9 Å². The number of hydrogen-bond acceptors (Lipinski definition) is 6. The van der Waals surface area contributed by atoms with E-state index in [1.807, 2.05) is 79.7 Å². The van der Waals surface area contributed by atoms with E-state index in [9.17, 15) is 9.59 Å². The second-order valence-corrected chi connectivity index (χ2v) is 9.26. The molecule has 0 bridgehead atoms. The van der Waals surface area contributed by atoms with Gasteiger partial charge in [0.25, 0.3) is 5.56 Å². The van der Waals surface area contributed by atoms with Gasteiger partial charge in [0.05, 0.1) is 18.5 Å². The predicted octanol–water partition coefficient (Wildman–Crippen LogP) is 5.36. The first-order valence-electron chi connectivity index (χ1n) is 13.0. The van der Waals surface area contributed by atoms with Crippen LogP contribution >= 0.6 is 0 Å². The SMILES string of the molecule is CCCc1nc(CC)n(-c2ccc(OC)cc2)c(=O)c1Cc1ccc(-c2ccccc2)c(-c2noc(=O)[nH]2)c1. The van der Waals surface area contributed by atoms with Crippen molar-refractivity contribution >= 4 is 0 Å². The van der Waals surface area contributed by atoms with Crippen LogP contribution in [0, 0.1) is 0 Å². The lowest BCUT2D eigenvalue weighted by atomic mass is 9.94. The summed E-state index contributed by atoms with van der Waals surface area (Å²) in [5, 5.41) is 3.94. The number of aryl methyl sites for hydroxylation is 2. The van der Waals surface area contributed by atoms with Crippen molar-refractivity contribution in [2.45, 2.75) is 39.5 Å². The Balaban J connectivity index is 1.65. The van der Waals surface area contributed by atoms with Gasteiger partial charge in [0.1, 0.15) is 11.6 Å². The number of benzene rings is 3. The van der Waals surface area contributed by atoms with Gasteiger partial charge in [0.2, 0.25) is 0 Å². The molecule has 8 heteroatoms. The van der Waals surface area contributed by atoms with Gasteiger partial charge in [0.15, 0.2) is 5.82 Å². The highest BCUT2D eigenvalue weighted by molar-refractivity contribution is 5.81. The van der Waals surface area contributed by atoms with E-state index < -0.39 is 5.76 Å². The van der Waals surface area contributed by atoms with Crippen molar-refractivity contribution in [2.75, 3.05) is 7.11 Å². The summed E-state index contributed by atoms with van der Waals surface area (Å²) in [7, 11) is 1.61. The lowest BCUT2D eigenvalue weighted by Crippen LogP contribution is -2.29. The highest BCUT2D eigenvalue weighted by Crippen LogP contribution is 2.31. The van der Waals surface area contributed by atoms with Crippen LogP contribution < -0.4 is 16.1 Å². The number of rotatable bonds is 9. The molecule has 0 amide bonds. The van der Waals surface area contributed by atoms with E-state index >= 15 is 0 Å². The van der Waals surface area contributed by atoms with Crippen LogP contribution in [0.1, 0.15) is 42.9 Å². The molecule has 0 aliphatic rings. The molecule has 198 valence electrons. The van der Waals surface area contributed by atoms with Crippen molar-refractivity contribution in [1.82, 2.24) is 19.7 Å². The number of ether oxygens (including phenoxy) is 1. The lowest BCUT2D eigenvalue weighted by Gasteiger charge is -2.17. The zero-order valence-corrected chi connectivity index (χ0v) is 22.2. The van der Waals surface area contributed by atoms with Crippen molar-refractivity contribution in [1.29, 1.82) is 0 Å². The van der Waals surface area contributed by atoms with Crippen LogP contribution in [0.25, 0.3) is 28.2 Å². The number of aromatic nitrogens is 4. The molecule has 2 aromatic heterocycles. The molecule has 0 radical (unpaired) electrons. The molecule has 5 rings (SSSR count). The highest BCUT2D eigenvalue weighted by Gasteiger charge is 2.19. The zero-order chi connectivity index (χ0) is 27.4. The Hall–Kier alpha value is -4.72. The smallest absolute Gasteiger partial charge is 0.439 e. The molecule has 2 heterocycles. The van der Waals surface area contributed by atoms with Crippen molar-refractivity contribution in [2.24, 2.45) is 0 Å². The first-order valence-corrected chi connectivity index (χ1v) is 13.0. The molecule has 0 saturated heterocycles. The molecular weight excluding hydrogens is 492 g/mol. The molecule has 0 fully saturated rings. The largest absolute Gasteiger partial charge is 0.497 e. The Labute approximate surface area is 225 Å². The molecule has 1 N–H and O–H groups in total. The Morgan fingerprint density at radius 1 is 0.949 bits per heavy atom. The molecule has 0 atom stereocenters. The normalized spacial score (nSPS) is 11.1. The van der Waals surface area contributed by atoms with E-state index in [0.717, 1.165) is 51.6 Å². The van der Waals surface area contributed by atoms with E-state index in [-0.39, 0.29) is 5.56 Å². The maximum absolute atomic E-state index is 14.1. The van der Waals surface area contributed by atoms with Gasteiger partial charge in [-0.2, -0.15) is 0 Å². The van der Waals surface area contributed by atoms with Gasteiger partial charge in [-0.05, 0) is 53.4 Å². The molecule has 3 aromatic carbocycles. The summed E-state index contributed by atoms with van der Waals surface area (Å²) in [5.74, 6) is 1.15. The molecule has 5 aromatic rings. The maximum atomic E-state index is 14.1. The lowest BCUT2D eigenvalue weighted by molar-refractivity contribution is 0.388. The van der Waals surface area contributed by atoms with Crippen LogP contribution in [-0.4, -0.2) is 26.8 Å². The first-order chi connectivity index (χ1) is 19.0. The van der Waals surface area contributed by atoms with Crippen LogP contribution in [0.15, 0.2) is 86.9 Å². The molecule has 0 aliphatic heterocycles. The summed E-state index contributed by atoms with van der Waals surface area (Å²) in [5.41, 5.74) is 5.61. The van der Waals surface area contributed by atoms with Crippen molar-refractivity contribution in [3.05, 3.63) is 116 Å². The number of hydrogen-bond donors (Lipinski definition) is 1. The van der Waals surface area contributed by atoms with Gasteiger partial charge in [0, 0.05) is 24.0 Å². The maximum Gasteiger partial charge on any atom is 0.439 e. The fourth-order valence-corrected chi connectivity index (χ4v) is 4.82. The van der Waals surface area contributed by atoms with E-state index in [1.54, 1.807) is 11.7 Å². The Morgan fingerprint density at radius 3 is 2.36 bits per heavy atom. The average molecular weight is 523 g/mol. The third-order valence-electron chi connectivity index (χ3n) is 6.71. The summed E-state index contributed by atoms with van der Waals surface area (Å²) in [6, 6.07) is 23.2. The van der Waals surface area contributed by atoms with Gasteiger partial charge >= 0.3 is 5.76 Å². The van der Waals surface area contributed by atoms with Gasteiger partial charge < -0.3 is 4.74 Å².